The molecule has 0 radical (unpaired) electrons. The molecule has 126 valence electrons. The summed E-state index contributed by atoms with van der Waals surface area (Å²) in [5, 5.41) is 0. The Morgan fingerprint density at radius 3 is 2.13 bits per heavy atom. The third kappa shape index (κ3) is 3.58. The molecule has 2 aliphatic rings. The van der Waals surface area contributed by atoms with Crippen molar-refractivity contribution in [1.29, 1.82) is 0 Å². The Labute approximate surface area is 138 Å². The van der Waals surface area contributed by atoms with Crippen LogP contribution in [0.1, 0.15) is 48.9 Å². The Morgan fingerprint density at radius 2 is 1.48 bits per heavy atom. The Morgan fingerprint density at radius 1 is 0.870 bits per heavy atom. The number of likely N-dealkylation sites (tertiary alicyclic amines) is 1. The summed E-state index contributed by atoms with van der Waals surface area (Å²) in [5.41, 5.74) is 0.475. The van der Waals surface area contributed by atoms with Crippen LogP contribution in [-0.2, 0) is 10.0 Å². The summed E-state index contributed by atoms with van der Waals surface area (Å²) >= 11 is 0. The van der Waals surface area contributed by atoms with Crippen molar-refractivity contribution in [3.8, 4) is 0 Å². The van der Waals surface area contributed by atoms with Crippen molar-refractivity contribution in [2.45, 2.75) is 43.4 Å². The smallest absolute Gasteiger partial charge is 0.253 e. The number of benzene rings is 1. The van der Waals surface area contributed by atoms with E-state index in [-0.39, 0.29) is 10.8 Å². The van der Waals surface area contributed by atoms with Crippen LogP contribution in [0.2, 0.25) is 0 Å². The molecule has 6 heteroatoms. The molecular formula is C17H24N2O3S. The molecule has 0 spiro atoms. The third-order valence-corrected chi connectivity index (χ3v) is 6.57. The van der Waals surface area contributed by atoms with Gasteiger partial charge < -0.3 is 4.90 Å². The Bertz CT molecular complexity index is 658. The van der Waals surface area contributed by atoms with Gasteiger partial charge in [0.2, 0.25) is 10.0 Å². The first-order valence-electron chi connectivity index (χ1n) is 8.48. The minimum atomic E-state index is -3.50. The number of carbonyl (C=O) groups is 1. The molecule has 23 heavy (non-hydrogen) atoms. The van der Waals surface area contributed by atoms with Gasteiger partial charge in [-0.15, -0.1) is 0 Å². The van der Waals surface area contributed by atoms with Crippen molar-refractivity contribution in [2.24, 2.45) is 0 Å². The van der Waals surface area contributed by atoms with E-state index in [1.807, 2.05) is 0 Å². The summed E-state index contributed by atoms with van der Waals surface area (Å²) in [5.74, 6) is -0.0598. The highest BCUT2D eigenvalue weighted by atomic mass is 32.2. The van der Waals surface area contributed by atoms with E-state index in [0.717, 1.165) is 51.6 Å². The van der Waals surface area contributed by atoms with E-state index in [1.165, 1.54) is 0 Å². The van der Waals surface area contributed by atoms with Crippen LogP contribution in [0.4, 0.5) is 0 Å². The van der Waals surface area contributed by atoms with Crippen LogP contribution in [0, 0.1) is 0 Å². The van der Waals surface area contributed by atoms with E-state index >= 15 is 0 Å². The maximum Gasteiger partial charge on any atom is 0.253 e. The van der Waals surface area contributed by atoms with Gasteiger partial charge in [-0.2, -0.15) is 4.31 Å². The first-order chi connectivity index (χ1) is 11.1. The first kappa shape index (κ1) is 16.5. The van der Waals surface area contributed by atoms with Crippen LogP contribution >= 0.6 is 0 Å². The summed E-state index contributed by atoms with van der Waals surface area (Å²) in [6.45, 7) is 2.68. The predicted octanol–water partition coefficient (Wildman–Crippen LogP) is 2.49. The molecule has 0 atom stereocenters. The van der Waals surface area contributed by atoms with Gasteiger partial charge >= 0.3 is 0 Å². The zero-order valence-electron chi connectivity index (χ0n) is 13.4. The number of nitrogens with zero attached hydrogens (tertiary/aromatic N) is 2. The fourth-order valence-corrected chi connectivity index (χ4v) is 4.89. The predicted molar refractivity (Wildman–Crippen MR) is 88.8 cm³/mol. The van der Waals surface area contributed by atoms with Crippen molar-refractivity contribution in [3.05, 3.63) is 29.8 Å². The Hall–Kier alpha value is -1.40. The highest BCUT2D eigenvalue weighted by molar-refractivity contribution is 7.89. The molecular weight excluding hydrogens is 312 g/mol. The number of rotatable bonds is 3. The molecule has 0 aromatic heterocycles. The molecule has 2 saturated heterocycles. The van der Waals surface area contributed by atoms with Gasteiger partial charge in [-0.3, -0.25) is 4.79 Å². The molecule has 0 aliphatic carbocycles. The molecule has 2 heterocycles. The van der Waals surface area contributed by atoms with Crippen LogP contribution < -0.4 is 0 Å². The van der Waals surface area contributed by atoms with Gasteiger partial charge in [-0.1, -0.05) is 18.9 Å². The van der Waals surface area contributed by atoms with Crippen molar-refractivity contribution in [2.75, 3.05) is 26.2 Å². The lowest BCUT2D eigenvalue weighted by molar-refractivity contribution is 0.0792. The molecule has 2 aliphatic heterocycles. The molecule has 0 N–H and O–H groups in total. The first-order valence-corrected chi connectivity index (χ1v) is 9.92. The van der Waals surface area contributed by atoms with E-state index in [4.69, 9.17) is 0 Å². The second-order valence-electron chi connectivity index (χ2n) is 6.35. The number of amides is 1. The monoisotopic (exact) mass is 336 g/mol. The lowest BCUT2D eigenvalue weighted by Gasteiger charge is -2.21. The second kappa shape index (κ2) is 7.01. The van der Waals surface area contributed by atoms with Crippen LogP contribution in [0.3, 0.4) is 0 Å². The van der Waals surface area contributed by atoms with Crippen molar-refractivity contribution < 1.29 is 13.2 Å². The van der Waals surface area contributed by atoms with Gasteiger partial charge in [0.05, 0.1) is 4.90 Å². The fraction of sp³-hybridized carbons (Fsp3) is 0.588. The fourth-order valence-electron chi connectivity index (χ4n) is 3.32. The van der Waals surface area contributed by atoms with E-state index in [0.29, 0.717) is 18.7 Å². The number of hydrogen-bond donors (Lipinski definition) is 0. The topological polar surface area (TPSA) is 57.7 Å². The average molecular weight is 336 g/mol. The number of hydrogen-bond acceptors (Lipinski definition) is 3. The molecule has 3 rings (SSSR count). The minimum absolute atomic E-state index is 0.0598. The SMILES string of the molecule is O=C(c1cccc(S(=O)(=O)N2CCCCCC2)c1)N1CCCC1. The maximum absolute atomic E-state index is 12.8. The largest absolute Gasteiger partial charge is 0.339 e. The van der Waals surface area contributed by atoms with E-state index in [1.54, 1.807) is 33.5 Å². The van der Waals surface area contributed by atoms with Gasteiger partial charge in [-0.05, 0) is 43.9 Å². The van der Waals surface area contributed by atoms with Crippen LogP contribution in [0.5, 0.6) is 0 Å². The lowest BCUT2D eigenvalue weighted by Crippen LogP contribution is -2.32. The summed E-state index contributed by atoms with van der Waals surface area (Å²) < 4.78 is 27.2. The van der Waals surface area contributed by atoms with Crippen molar-refractivity contribution in [3.63, 3.8) is 0 Å². The highest BCUT2D eigenvalue weighted by Crippen LogP contribution is 2.22. The standard InChI is InChI=1S/C17H24N2O3S/c20-17(18-10-5-6-11-18)15-8-7-9-16(14-15)23(21,22)19-12-3-1-2-4-13-19/h7-9,14H,1-6,10-13H2. The van der Waals surface area contributed by atoms with E-state index < -0.39 is 10.0 Å². The Balaban J connectivity index is 1.84. The second-order valence-corrected chi connectivity index (χ2v) is 8.28. The van der Waals surface area contributed by atoms with Gasteiger partial charge in [0.1, 0.15) is 0 Å². The molecule has 1 aromatic carbocycles. The highest BCUT2D eigenvalue weighted by Gasteiger charge is 2.27. The number of carbonyl (C=O) groups excluding carboxylic acids is 1. The summed E-state index contributed by atoms with van der Waals surface area (Å²) in [6, 6.07) is 6.53. The van der Waals surface area contributed by atoms with Gasteiger partial charge in [0.15, 0.2) is 0 Å². The van der Waals surface area contributed by atoms with E-state index in [2.05, 4.69) is 0 Å². The van der Waals surface area contributed by atoms with Crippen LogP contribution in [-0.4, -0.2) is 49.7 Å². The van der Waals surface area contributed by atoms with E-state index in [9.17, 15) is 13.2 Å². The van der Waals surface area contributed by atoms with Gasteiger partial charge in [-0.25, -0.2) is 8.42 Å². The van der Waals surface area contributed by atoms with Crippen molar-refractivity contribution >= 4 is 15.9 Å². The zero-order valence-corrected chi connectivity index (χ0v) is 14.2. The quantitative estimate of drug-likeness (QED) is 0.852. The van der Waals surface area contributed by atoms with Crippen LogP contribution in [0.25, 0.3) is 0 Å². The maximum atomic E-state index is 12.8. The lowest BCUT2D eigenvalue weighted by atomic mass is 10.2. The molecule has 2 fully saturated rings. The van der Waals surface area contributed by atoms with Gasteiger partial charge in [0.25, 0.3) is 5.91 Å². The third-order valence-electron chi connectivity index (χ3n) is 4.68. The molecule has 0 bridgehead atoms. The normalized spacial score (nSPS) is 20.4. The molecule has 1 aromatic rings. The molecule has 0 saturated carbocycles. The summed E-state index contributed by atoms with van der Waals surface area (Å²) in [6.07, 6.45) is 6.03. The van der Waals surface area contributed by atoms with Gasteiger partial charge in [0, 0.05) is 31.7 Å². The Kier molecular flexibility index (Phi) is 5.02. The summed E-state index contributed by atoms with van der Waals surface area (Å²) in [7, 11) is -3.50. The minimum Gasteiger partial charge on any atom is -0.339 e. The summed E-state index contributed by atoms with van der Waals surface area (Å²) in [4.78, 5) is 14.5. The molecule has 0 unspecified atom stereocenters. The number of sulfonamides is 1. The zero-order chi connectivity index (χ0) is 16.3. The average Bonchev–Trinajstić information content (AvgIpc) is 2.96. The van der Waals surface area contributed by atoms with Crippen molar-refractivity contribution in [1.82, 2.24) is 9.21 Å². The molecule has 5 nitrogen and oxygen atoms in total. The molecule has 1 amide bonds. The van der Waals surface area contributed by atoms with Crippen LogP contribution in [0.15, 0.2) is 29.2 Å².